The Hall–Kier alpha value is -0.860. The van der Waals surface area contributed by atoms with E-state index in [1.165, 1.54) is 12.8 Å². The van der Waals surface area contributed by atoms with Gasteiger partial charge in [-0.25, -0.2) is 0 Å². The highest BCUT2D eigenvalue weighted by Crippen LogP contribution is 2.34. The lowest BCUT2D eigenvalue weighted by molar-refractivity contribution is -0.137. The minimum atomic E-state index is -0.0961. The standard InChI is InChI=1S/C12H19NO2/c1-2-11(14)10-4-3-7-13(10)12(15)8-9-5-6-9/h9-10H,2-8H2,1H3/t10-/m1/s1. The lowest BCUT2D eigenvalue weighted by Gasteiger charge is -2.23. The van der Waals surface area contributed by atoms with Gasteiger partial charge in [-0.1, -0.05) is 6.92 Å². The molecular formula is C12H19NO2. The zero-order valence-corrected chi connectivity index (χ0v) is 9.37. The average molecular weight is 209 g/mol. The van der Waals surface area contributed by atoms with E-state index in [0.29, 0.717) is 18.8 Å². The number of ketones is 1. The van der Waals surface area contributed by atoms with Gasteiger partial charge in [0.1, 0.15) is 0 Å². The Morgan fingerprint density at radius 2 is 2.00 bits per heavy atom. The van der Waals surface area contributed by atoms with Crippen molar-refractivity contribution in [2.24, 2.45) is 5.92 Å². The Bertz CT molecular complexity index is 271. The number of hydrogen-bond donors (Lipinski definition) is 0. The quantitative estimate of drug-likeness (QED) is 0.707. The molecule has 84 valence electrons. The van der Waals surface area contributed by atoms with E-state index in [9.17, 15) is 9.59 Å². The third-order valence-corrected chi connectivity index (χ3v) is 3.45. The first-order chi connectivity index (χ1) is 7.22. The largest absolute Gasteiger partial charge is 0.333 e. The maximum absolute atomic E-state index is 11.9. The van der Waals surface area contributed by atoms with Gasteiger partial charge in [-0.3, -0.25) is 9.59 Å². The summed E-state index contributed by atoms with van der Waals surface area (Å²) in [6.07, 6.45) is 5.50. The van der Waals surface area contributed by atoms with Crippen molar-refractivity contribution in [3.8, 4) is 0 Å². The van der Waals surface area contributed by atoms with Gasteiger partial charge in [-0.15, -0.1) is 0 Å². The zero-order valence-electron chi connectivity index (χ0n) is 9.37. The molecule has 3 nitrogen and oxygen atoms in total. The molecule has 1 atom stereocenters. The second-order valence-corrected chi connectivity index (χ2v) is 4.71. The van der Waals surface area contributed by atoms with Crippen LogP contribution in [0.2, 0.25) is 0 Å². The van der Waals surface area contributed by atoms with E-state index >= 15 is 0 Å². The fraction of sp³-hybridized carbons (Fsp3) is 0.833. The number of likely N-dealkylation sites (tertiary alicyclic amines) is 1. The van der Waals surface area contributed by atoms with Crippen molar-refractivity contribution in [2.45, 2.75) is 51.5 Å². The molecule has 0 aromatic heterocycles. The molecule has 1 aliphatic carbocycles. The summed E-state index contributed by atoms with van der Waals surface area (Å²) in [5, 5.41) is 0. The lowest BCUT2D eigenvalue weighted by Crippen LogP contribution is -2.40. The monoisotopic (exact) mass is 209 g/mol. The topological polar surface area (TPSA) is 37.4 Å². The highest BCUT2D eigenvalue weighted by Gasteiger charge is 2.35. The Morgan fingerprint density at radius 3 is 2.60 bits per heavy atom. The fourth-order valence-electron chi connectivity index (χ4n) is 2.32. The predicted molar refractivity (Wildman–Crippen MR) is 57.4 cm³/mol. The number of amides is 1. The Morgan fingerprint density at radius 1 is 1.27 bits per heavy atom. The second kappa shape index (κ2) is 4.33. The Balaban J connectivity index is 1.93. The molecule has 2 fully saturated rings. The first-order valence-electron chi connectivity index (χ1n) is 6.04. The van der Waals surface area contributed by atoms with E-state index in [-0.39, 0.29) is 17.7 Å². The Labute approximate surface area is 90.8 Å². The second-order valence-electron chi connectivity index (χ2n) is 4.71. The number of Topliss-reactive ketones (excluding diaryl/α,β-unsaturated/α-hetero) is 1. The number of hydrogen-bond acceptors (Lipinski definition) is 2. The smallest absolute Gasteiger partial charge is 0.223 e. The van der Waals surface area contributed by atoms with Crippen LogP contribution in [0.15, 0.2) is 0 Å². The molecule has 1 heterocycles. The van der Waals surface area contributed by atoms with E-state index in [2.05, 4.69) is 0 Å². The lowest BCUT2D eigenvalue weighted by atomic mass is 10.1. The molecule has 15 heavy (non-hydrogen) atoms. The van der Waals surface area contributed by atoms with E-state index in [4.69, 9.17) is 0 Å². The highest BCUT2D eigenvalue weighted by molar-refractivity contribution is 5.89. The van der Waals surface area contributed by atoms with Gasteiger partial charge in [0, 0.05) is 19.4 Å². The number of rotatable bonds is 4. The van der Waals surface area contributed by atoms with Crippen LogP contribution in [0, 0.1) is 5.92 Å². The SMILES string of the molecule is CCC(=O)[C@H]1CCCN1C(=O)CC1CC1. The molecule has 3 heteroatoms. The van der Waals surface area contributed by atoms with Crippen LogP contribution in [0.4, 0.5) is 0 Å². The minimum Gasteiger partial charge on any atom is -0.333 e. The fourth-order valence-corrected chi connectivity index (χ4v) is 2.32. The van der Waals surface area contributed by atoms with Crippen molar-refractivity contribution in [3.05, 3.63) is 0 Å². The van der Waals surface area contributed by atoms with Crippen molar-refractivity contribution in [1.82, 2.24) is 4.90 Å². The maximum atomic E-state index is 11.9. The van der Waals surface area contributed by atoms with E-state index in [1.54, 1.807) is 0 Å². The van der Waals surface area contributed by atoms with Crippen molar-refractivity contribution in [3.63, 3.8) is 0 Å². The van der Waals surface area contributed by atoms with Crippen LogP contribution in [0.25, 0.3) is 0 Å². The average Bonchev–Trinajstić information content (AvgIpc) is 2.90. The van der Waals surface area contributed by atoms with E-state index in [0.717, 1.165) is 19.4 Å². The van der Waals surface area contributed by atoms with Crippen LogP contribution in [0.1, 0.15) is 45.4 Å². The highest BCUT2D eigenvalue weighted by atomic mass is 16.2. The minimum absolute atomic E-state index is 0.0961. The molecule has 1 aliphatic heterocycles. The van der Waals surface area contributed by atoms with Gasteiger partial charge in [0.05, 0.1) is 6.04 Å². The number of carbonyl (C=O) groups is 2. The summed E-state index contributed by atoms with van der Waals surface area (Å²) in [6.45, 7) is 2.67. The van der Waals surface area contributed by atoms with Gasteiger partial charge >= 0.3 is 0 Å². The van der Waals surface area contributed by atoms with Crippen molar-refractivity contribution in [2.75, 3.05) is 6.54 Å². The van der Waals surface area contributed by atoms with Crippen LogP contribution in [-0.4, -0.2) is 29.2 Å². The third-order valence-electron chi connectivity index (χ3n) is 3.45. The van der Waals surface area contributed by atoms with Gasteiger partial charge in [-0.2, -0.15) is 0 Å². The zero-order chi connectivity index (χ0) is 10.8. The third kappa shape index (κ3) is 2.39. The number of nitrogens with zero attached hydrogens (tertiary/aromatic N) is 1. The van der Waals surface area contributed by atoms with Crippen molar-refractivity contribution < 1.29 is 9.59 Å². The van der Waals surface area contributed by atoms with Crippen LogP contribution in [0.5, 0.6) is 0 Å². The number of carbonyl (C=O) groups excluding carboxylic acids is 2. The molecule has 0 unspecified atom stereocenters. The normalized spacial score (nSPS) is 25.7. The molecule has 2 rings (SSSR count). The molecule has 1 saturated heterocycles. The van der Waals surface area contributed by atoms with Gasteiger partial charge in [-0.05, 0) is 31.6 Å². The van der Waals surface area contributed by atoms with Crippen LogP contribution in [0.3, 0.4) is 0 Å². The Kier molecular flexibility index (Phi) is 3.08. The molecule has 0 aromatic carbocycles. The van der Waals surface area contributed by atoms with Gasteiger partial charge in [0.15, 0.2) is 5.78 Å². The molecular weight excluding hydrogens is 190 g/mol. The molecule has 2 aliphatic rings. The maximum Gasteiger partial charge on any atom is 0.223 e. The first-order valence-corrected chi connectivity index (χ1v) is 6.04. The summed E-state index contributed by atoms with van der Waals surface area (Å²) in [5.74, 6) is 1.06. The van der Waals surface area contributed by atoms with E-state index in [1.807, 2.05) is 11.8 Å². The van der Waals surface area contributed by atoms with Gasteiger partial charge in [0.2, 0.25) is 5.91 Å². The molecule has 0 bridgehead atoms. The summed E-state index contributed by atoms with van der Waals surface area (Å²) in [5.41, 5.74) is 0. The molecule has 1 amide bonds. The molecule has 0 spiro atoms. The summed E-state index contributed by atoms with van der Waals surface area (Å²) in [6, 6.07) is -0.0961. The van der Waals surface area contributed by atoms with Crippen LogP contribution in [-0.2, 0) is 9.59 Å². The summed E-state index contributed by atoms with van der Waals surface area (Å²) < 4.78 is 0. The van der Waals surface area contributed by atoms with Gasteiger partial charge < -0.3 is 4.90 Å². The van der Waals surface area contributed by atoms with Crippen molar-refractivity contribution in [1.29, 1.82) is 0 Å². The van der Waals surface area contributed by atoms with Gasteiger partial charge in [0.25, 0.3) is 0 Å². The van der Waals surface area contributed by atoms with E-state index < -0.39 is 0 Å². The molecule has 0 N–H and O–H groups in total. The first kappa shape index (κ1) is 10.7. The molecule has 1 saturated carbocycles. The summed E-state index contributed by atoms with van der Waals surface area (Å²) >= 11 is 0. The van der Waals surface area contributed by atoms with Crippen LogP contribution >= 0.6 is 0 Å². The summed E-state index contributed by atoms with van der Waals surface area (Å²) in [7, 11) is 0. The predicted octanol–water partition coefficient (Wildman–Crippen LogP) is 1.76. The van der Waals surface area contributed by atoms with Crippen molar-refractivity contribution >= 4 is 11.7 Å². The molecule has 0 radical (unpaired) electrons. The molecule has 0 aromatic rings. The van der Waals surface area contributed by atoms with Crippen LogP contribution < -0.4 is 0 Å². The summed E-state index contributed by atoms with van der Waals surface area (Å²) in [4.78, 5) is 25.4.